The first-order chi connectivity index (χ1) is 5.76. The molecule has 0 aromatic rings. The van der Waals surface area contributed by atoms with Crippen LogP contribution >= 0.6 is 0 Å². The zero-order valence-electron chi connectivity index (χ0n) is 8.27. The Hall–Kier alpha value is -0.510. The van der Waals surface area contributed by atoms with Crippen molar-refractivity contribution in [3.05, 3.63) is 0 Å². The summed E-state index contributed by atoms with van der Waals surface area (Å²) in [6.45, 7) is 4.42. The van der Waals surface area contributed by atoms with E-state index in [1.807, 2.05) is 0 Å². The molecule has 0 aliphatic heterocycles. The number of nitriles is 1. The highest BCUT2D eigenvalue weighted by atomic mass is 14.4. The Balaban J connectivity index is 2.55. The summed E-state index contributed by atoms with van der Waals surface area (Å²) in [5.41, 5.74) is 0.0649. The van der Waals surface area contributed by atoms with Crippen LogP contribution in [-0.2, 0) is 0 Å². The zero-order chi connectivity index (χ0) is 9.03. The molecule has 0 aromatic carbocycles. The van der Waals surface area contributed by atoms with Gasteiger partial charge in [0.1, 0.15) is 0 Å². The number of nitrogens with zero attached hydrogens (tertiary/aromatic N) is 1. The summed E-state index contributed by atoms with van der Waals surface area (Å²) in [7, 11) is 0. The third-order valence-corrected chi connectivity index (χ3v) is 3.25. The second kappa shape index (κ2) is 3.94. The van der Waals surface area contributed by atoms with Gasteiger partial charge in [0.2, 0.25) is 0 Å². The molecule has 1 heteroatoms. The van der Waals surface area contributed by atoms with E-state index in [4.69, 9.17) is 5.26 Å². The summed E-state index contributed by atoms with van der Waals surface area (Å²) in [6, 6.07) is 2.54. The van der Waals surface area contributed by atoms with Crippen molar-refractivity contribution in [3.63, 3.8) is 0 Å². The van der Waals surface area contributed by atoms with Gasteiger partial charge in [-0.2, -0.15) is 5.26 Å². The van der Waals surface area contributed by atoms with E-state index in [1.54, 1.807) is 0 Å². The maximum absolute atomic E-state index is 9.11. The van der Waals surface area contributed by atoms with Crippen LogP contribution in [0.3, 0.4) is 0 Å². The smallest absolute Gasteiger partial charge is 0.0689 e. The predicted octanol–water partition coefficient (Wildman–Crippen LogP) is 3.51. The largest absolute Gasteiger partial charge is 0.198 e. The van der Waals surface area contributed by atoms with Gasteiger partial charge in [-0.1, -0.05) is 26.7 Å². The molecule has 1 fully saturated rings. The van der Waals surface area contributed by atoms with Crippen LogP contribution in [-0.4, -0.2) is 0 Å². The fourth-order valence-corrected chi connectivity index (χ4v) is 2.45. The van der Waals surface area contributed by atoms with E-state index in [2.05, 4.69) is 19.9 Å². The quantitative estimate of drug-likeness (QED) is 0.627. The van der Waals surface area contributed by atoms with Crippen molar-refractivity contribution in [2.75, 3.05) is 0 Å². The van der Waals surface area contributed by atoms with Crippen molar-refractivity contribution in [3.8, 4) is 6.07 Å². The lowest BCUT2D eigenvalue weighted by molar-refractivity contribution is 0.351. The third-order valence-electron chi connectivity index (χ3n) is 3.25. The molecule has 1 aliphatic carbocycles. The topological polar surface area (TPSA) is 23.8 Å². The lowest BCUT2D eigenvalue weighted by atomic mass is 9.82. The van der Waals surface area contributed by atoms with Gasteiger partial charge in [0.15, 0.2) is 0 Å². The van der Waals surface area contributed by atoms with Gasteiger partial charge in [0, 0.05) is 0 Å². The van der Waals surface area contributed by atoms with Crippen LogP contribution in [0.5, 0.6) is 0 Å². The fourth-order valence-electron chi connectivity index (χ4n) is 2.45. The van der Waals surface area contributed by atoms with E-state index >= 15 is 0 Å². The van der Waals surface area contributed by atoms with Crippen molar-refractivity contribution in [1.82, 2.24) is 0 Å². The van der Waals surface area contributed by atoms with E-state index in [0.29, 0.717) is 0 Å². The van der Waals surface area contributed by atoms with Crippen LogP contribution in [0.2, 0.25) is 0 Å². The van der Waals surface area contributed by atoms with Gasteiger partial charge in [-0.3, -0.25) is 0 Å². The monoisotopic (exact) mass is 165 g/mol. The van der Waals surface area contributed by atoms with E-state index in [1.165, 1.54) is 12.8 Å². The molecule has 12 heavy (non-hydrogen) atoms. The first-order valence-electron chi connectivity index (χ1n) is 5.17. The fraction of sp³-hybridized carbons (Fsp3) is 0.909. The van der Waals surface area contributed by atoms with Gasteiger partial charge in [0.25, 0.3) is 0 Å². The van der Waals surface area contributed by atoms with Gasteiger partial charge in [0.05, 0.1) is 11.5 Å². The summed E-state index contributed by atoms with van der Waals surface area (Å²) < 4.78 is 0. The summed E-state index contributed by atoms with van der Waals surface area (Å²) in [5.74, 6) is 0.830. The summed E-state index contributed by atoms with van der Waals surface area (Å²) >= 11 is 0. The normalized spacial score (nSPS) is 34.9. The molecule has 2 atom stereocenters. The molecule has 0 radical (unpaired) electrons. The van der Waals surface area contributed by atoms with Crippen LogP contribution in [0.4, 0.5) is 0 Å². The Morgan fingerprint density at radius 1 is 1.50 bits per heavy atom. The van der Waals surface area contributed by atoms with Gasteiger partial charge < -0.3 is 0 Å². The zero-order valence-corrected chi connectivity index (χ0v) is 8.27. The van der Waals surface area contributed by atoms with E-state index in [9.17, 15) is 0 Å². The van der Waals surface area contributed by atoms with Crippen molar-refractivity contribution in [2.24, 2.45) is 11.3 Å². The minimum absolute atomic E-state index is 0.0649. The minimum Gasteiger partial charge on any atom is -0.198 e. The average Bonchev–Trinajstić information content (AvgIpc) is 2.50. The first-order valence-corrected chi connectivity index (χ1v) is 5.17. The molecule has 0 aromatic heterocycles. The van der Waals surface area contributed by atoms with Crippen LogP contribution < -0.4 is 0 Å². The molecule has 1 aliphatic rings. The molecule has 0 spiro atoms. The molecule has 68 valence electrons. The molecule has 2 unspecified atom stereocenters. The van der Waals surface area contributed by atoms with Crippen LogP contribution in [0.15, 0.2) is 0 Å². The molecular formula is C11H19N. The number of hydrogen-bond acceptors (Lipinski definition) is 1. The van der Waals surface area contributed by atoms with Crippen LogP contribution in [0.25, 0.3) is 0 Å². The molecule has 0 heterocycles. The van der Waals surface area contributed by atoms with Gasteiger partial charge in [-0.15, -0.1) is 0 Å². The molecule has 1 saturated carbocycles. The number of hydrogen-bond donors (Lipinski definition) is 0. The Bertz CT molecular complexity index is 180. The lowest BCUT2D eigenvalue weighted by Crippen LogP contribution is -2.13. The minimum atomic E-state index is 0.0649. The van der Waals surface area contributed by atoms with Crippen LogP contribution in [0, 0.1) is 22.7 Å². The van der Waals surface area contributed by atoms with Gasteiger partial charge in [-0.25, -0.2) is 0 Å². The second-order valence-corrected chi connectivity index (χ2v) is 4.16. The molecule has 1 nitrogen and oxygen atoms in total. The second-order valence-electron chi connectivity index (χ2n) is 4.16. The van der Waals surface area contributed by atoms with Crippen molar-refractivity contribution >= 4 is 0 Å². The van der Waals surface area contributed by atoms with Crippen LogP contribution in [0.1, 0.15) is 52.4 Å². The molecular weight excluding hydrogens is 146 g/mol. The highest BCUT2D eigenvalue weighted by Gasteiger charge is 2.37. The first kappa shape index (κ1) is 9.58. The Labute approximate surface area is 75.8 Å². The predicted molar refractivity (Wildman–Crippen MR) is 50.6 cm³/mol. The average molecular weight is 165 g/mol. The van der Waals surface area contributed by atoms with Gasteiger partial charge in [-0.05, 0) is 31.6 Å². The standard InChI is InChI=1S/C11H19N/c1-3-6-11(9-12)7-5-10(4-2)8-11/h10H,3-8H2,1-2H3. The van der Waals surface area contributed by atoms with E-state index in [0.717, 1.165) is 31.6 Å². The van der Waals surface area contributed by atoms with Gasteiger partial charge >= 0.3 is 0 Å². The van der Waals surface area contributed by atoms with Crippen molar-refractivity contribution in [1.29, 1.82) is 5.26 Å². The molecule has 0 saturated heterocycles. The SMILES string of the molecule is CCCC1(C#N)CCC(CC)C1. The maximum atomic E-state index is 9.11. The Kier molecular flexibility index (Phi) is 3.14. The molecule has 0 amide bonds. The van der Waals surface area contributed by atoms with Crippen molar-refractivity contribution < 1.29 is 0 Å². The number of rotatable bonds is 3. The highest BCUT2D eigenvalue weighted by Crippen LogP contribution is 2.45. The van der Waals surface area contributed by atoms with Crippen molar-refractivity contribution in [2.45, 2.75) is 52.4 Å². The molecule has 0 N–H and O–H groups in total. The third kappa shape index (κ3) is 1.80. The van der Waals surface area contributed by atoms with E-state index < -0.39 is 0 Å². The maximum Gasteiger partial charge on any atom is 0.0689 e. The van der Waals surface area contributed by atoms with E-state index in [-0.39, 0.29) is 5.41 Å². The molecule has 1 rings (SSSR count). The Morgan fingerprint density at radius 3 is 2.67 bits per heavy atom. The molecule has 0 bridgehead atoms. The lowest BCUT2D eigenvalue weighted by Gasteiger charge is -2.19. The Morgan fingerprint density at radius 2 is 2.25 bits per heavy atom. The highest BCUT2D eigenvalue weighted by molar-refractivity contribution is 5.03. The summed E-state index contributed by atoms with van der Waals surface area (Å²) in [6.07, 6.45) is 7.12. The summed E-state index contributed by atoms with van der Waals surface area (Å²) in [4.78, 5) is 0. The summed E-state index contributed by atoms with van der Waals surface area (Å²) in [5, 5.41) is 9.11.